The first-order valence-electron chi connectivity index (χ1n) is 5.04. The molecule has 0 amide bonds. The Morgan fingerprint density at radius 3 is 2.88 bits per heavy atom. The van der Waals surface area contributed by atoms with Crippen molar-refractivity contribution in [2.24, 2.45) is 0 Å². The predicted molar refractivity (Wildman–Crippen MR) is 70.8 cm³/mol. The van der Waals surface area contributed by atoms with Crippen LogP contribution in [0.5, 0.6) is 5.75 Å². The maximum absolute atomic E-state index is 13.5. The quantitative estimate of drug-likeness (QED) is 0.799. The minimum Gasteiger partial charge on any atom is -0.496 e. The van der Waals surface area contributed by atoms with Gasteiger partial charge < -0.3 is 4.74 Å². The molecule has 0 aliphatic heterocycles. The second-order valence-corrected chi connectivity index (χ2v) is 4.74. The molecule has 2 aromatic rings. The SMILES string of the molecule is COc1c(CCBr)cnc2cc(Cl)c(F)cc12. The Kier molecular flexibility index (Phi) is 3.84. The van der Waals surface area contributed by atoms with Gasteiger partial charge in [0.15, 0.2) is 0 Å². The summed E-state index contributed by atoms with van der Waals surface area (Å²) in [4.78, 5) is 4.26. The van der Waals surface area contributed by atoms with E-state index in [0.717, 1.165) is 17.3 Å². The predicted octanol–water partition coefficient (Wildman–Crippen LogP) is 3.97. The van der Waals surface area contributed by atoms with Crippen molar-refractivity contribution in [1.82, 2.24) is 4.98 Å². The Morgan fingerprint density at radius 1 is 1.47 bits per heavy atom. The first-order chi connectivity index (χ1) is 8.17. The maximum Gasteiger partial charge on any atom is 0.142 e. The van der Waals surface area contributed by atoms with Crippen molar-refractivity contribution in [1.29, 1.82) is 0 Å². The third-order valence-electron chi connectivity index (χ3n) is 2.50. The molecule has 1 heterocycles. The van der Waals surface area contributed by atoms with Gasteiger partial charge in [0.25, 0.3) is 0 Å². The molecule has 0 saturated carbocycles. The molecule has 1 aromatic carbocycles. The fourth-order valence-electron chi connectivity index (χ4n) is 1.73. The molecule has 17 heavy (non-hydrogen) atoms. The third-order valence-corrected chi connectivity index (χ3v) is 3.19. The van der Waals surface area contributed by atoms with Gasteiger partial charge >= 0.3 is 0 Å². The largest absolute Gasteiger partial charge is 0.496 e. The number of aryl methyl sites for hydroxylation is 1. The Bertz CT molecular complexity index is 562. The lowest BCUT2D eigenvalue weighted by molar-refractivity contribution is 0.414. The Hall–Kier alpha value is -0.870. The Balaban J connectivity index is 2.71. The van der Waals surface area contributed by atoms with E-state index in [1.54, 1.807) is 13.3 Å². The van der Waals surface area contributed by atoms with E-state index in [0.29, 0.717) is 16.7 Å². The first-order valence-corrected chi connectivity index (χ1v) is 6.54. The molecule has 0 radical (unpaired) electrons. The molecule has 2 nitrogen and oxygen atoms in total. The van der Waals surface area contributed by atoms with Crippen molar-refractivity contribution < 1.29 is 9.13 Å². The van der Waals surface area contributed by atoms with E-state index < -0.39 is 5.82 Å². The van der Waals surface area contributed by atoms with Crippen LogP contribution in [-0.2, 0) is 6.42 Å². The van der Waals surface area contributed by atoms with Crippen LogP contribution in [0.4, 0.5) is 4.39 Å². The molecular weight excluding hydrogens is 308 g/mol. The van der Waals surface area contributed by atoms with Gasteiger partial charge in [-0.25, -0.2) is 4.39 Å². The molecule has 0 N–H and O–H groups in total. The highest BCUT2D eigenvalue weighted by Crippen LogP contribution is 2.31. The van der Waals surface area contributed by atoms with E-state index in [4.69, 9.17) is 16.3 Å². The van der Waals surface area contributed by atoms with Crippen LogP contribution in [0.2, 0.25) is 5.02 Å². The number of ether oxygens (including phenoxy) is 1. The molecule has 1 aromatic heterocycles. The van der Waals surface area contributed by atoms with Gasteiger partial charge in [-0.05, 0) is 18.6 Å². The number of pyridine rings is 1. The summed E-state index contributed by atoms with van der Waals surface area (Å²) >= 11 is 9.08. The standard InChI is InChI=1S/C12H10BrClFNO/c1-17-12-7(2-3-13)6-16-11-5-9(14)10(15)4-8(11)12/h4-6H,2-3H2,1H3. The smallest absolute Gasteiger partial charge is 0.142 e. The van der Waals surface area contributed by atoms with Crippen LogP contribution >= 0.6 is 27.5 Å². The summed E-state index contributed by atoms with van der Waals surface area (Å²) in [5.74, 6) is 0.195. The average Bonchev–Trinajstić information content (AvgIpc) is 2.31. The molecule has 0 spiro atoms. The minimum absolute atomic E-state index is 0.0697. The van der Waals surface area contributed by atoms with E-state index >= 15 is 0 Å². The summed E-state index contributed by atoms with van der Waals surface area (Å²) in [6, 6.07) is 2.87. The van der Waals surface area contributed by atoms with Crippen molar-refractivity contribution in [3.8, 4) is 5.75 Å². The van der Waals surface area contributed by atoms with Crippen LogP contribution in [0.1, 0.15) is 5.56 Å². The normalized spacial score (nSPS) is 10.8. The number of nitrogens with zero attached hydrogens (tertiary/aromatic N) is 1. The zero-order valence-corrected chi connectivity index (χ0v) is 11.5. The van der Waals surface area contributed by atoms with E-state index in [1.165, 1.54) is 12.1 Å². The van der Waals surface area contributed by atoms with Gasteiger partial charge in [-0.2, -0.15) is 0 Å². The second kappa shape index (κ2) is 5.19. The maximum atomic E-state index is 13.5. The van der Waals surface area contributed by atoms with Gasteiger partial charge in [-0.15, -0.1) is 0 Å². The summed E-state index contributed by atoms with van der Waals surface area (Å²) in [5, 5.41) is 1.51. The topological polar surface area (TPSA) is 22.1 Å². The average molecular weight is 319 g/mol. The molecule has 0 saturated heterocycles. The Morgan fingerprint density at radius 2 is 2.24 bits per heavy atom. The van der Waals surface area contributed by atoms with Gasteiger partial charge in [0.05, 0.1) is 17.6 Å². The summed E-state index contributed by atoms with van der Waals surface area (Å²) in [6.45, 7) is 0. The fraction of sp³-hybridized carbons (Fsp3) is 0.250. The number of halogens is 3. The summed E-state index contributed by atoms with van der Waals surface area (Å²) in [5.41, 5.74) is 1.57. The molecule has 0 unspecified atom stereocenters. The fourth-order valence-corrected chi connectivity index (χ4v) is 2.31. The monoisotopic (exact) mass is 317 g/mol. The molecule has 2 rings (SSSR count). The lowest BCUT2D eigenvalue weighted by atomic mass is 10.1. The van der Waals surface area contributed by atoms with E-state index in [2.05, 4.69) is 20.9 Å². The molecular formula is C12H10BrClFNO. The van der Waals surface area contributed by atoms with Crippen LogP contribution in [0.25, 0.3) is 10.9 Å². The molecule has 0 fully saturated rings. The highest BCUT2D eigenvalue weighted by molar-refractivity contribution is 9.09. The van der Waals surface area contributed by atoms with Gasteiger partial charge in [0.1, 0.15) is 11.6 Å². The van der Waals surface area contributed by atoms with Gasteiger partial charge in [-0.3, -0.25) is 4.98 Å². The molecule has 90 valence electrons. The molecule has 0 aliphatic carbocycles. The second-order valence-electron chi connectivity index (χ2n) is 3.54. The van der Waals surface area contributed by atoms with Crippen LogP contribution in [-0.4, -0.2) is 17.4 Å². The highest BCUT2D eigenvalue weighted by atomic mass is 79.9. The molecule has 0 bridgehead atoms. The first kappa shape index (κ1) is 12.6. The lowest BCUT2D eigenvalue weighted by Gasteiger charge is -2.10. The number of benzene rings is 1. The number of rotatable bonds is 3. The van der Waals surface area contributed by atoms with Gasteiger partial charge in [-0.1, -0.05) is 27.5 Å². The van der Waals surface area contributed by atoms with Crippen molar-refractivity contribution in [3.63, 3.8) is 0 Å². The molecule has 0 aliphatic rings. The number of aromatic nitrogens is 1. The number of alkyl halides is 1. The van der Waals surface area contributed by atoms with Crippen LogP contribution in [0, 0.1) is 5.82 Å². The van der Waals surface area contributed by atoms with Crippen molar-refractivity contribution in [2.45, 2.75) is 6.42 Å². The number of fused-ring (bicyclic) bond motifs is 1. The number of hydrogen-bond acceptors (Lipinski definition) is 2. The lowest BCUT2D eigenvalue weighted by Crippen LogP contribution is -1.97. The highest BCUT2D eigenvalue weighted by Gasteiger charge is 2.12. The Labute approximate surface area is 112 Å². The summed E-state index contributed by atoms with van der Waals surface area (Å²) in [7, 11) is 1.57. The summed E-state index contributed by atoms with van der Waals surface area (Å²) < 4.78 is 18.8. The molecule has 5 heteroatoms. The zero-order valence-electron chi connectivity index (χ0n) is 9.14. The van der Waals surface area contributed by atoms with E-state index in [-0.39, 0.29) is 5.02 Å². The van der Waals surface area contributed by atoms with Crippen molar-refractivity contribution in [2.75, 3.05) is 12.4 Å². The number of methoxy groups -OCH3 is 1. The van der Waals surface area contributed by atoms with Gasteiger partial charge in [0, 0.05) is 22.5 Å². The van der Waals surface area contributed by atoms with E-state index in [9.17, 15) is 4.39 Å². The summed E-state index contributed by atoms with van der Waals surface area (Å²) in [6.07, 6.45) is 2.51. The van der Waals surface area contributed by atoms with Crippen molar-refractivity contribution >= 4 is 38.4 Å². The van der Waals surface area contributed by atoms with Crippen LogP contribution < -0.4 is 4.74 Å². The van der Waals surface area contributed by atoms with Crippen LogP contribution in [0.3, 0.4) is 0 Å². The minimum atomic E-state index is -0.463. The zero-order chi connectivity index (χ0) is 12.4. The van der Waals surface area contributed by atoms with Crippen LogP contribution in [0.15, 0.2) is 18.3 Å². The third kappa shape index (κ3) is 2.38. The molecule has 0 atom stereocenters. The van der Waals surface area contributed by atoms with E-state index in [1.807, 2.05) is 0 Å². The van der Waals surface area contributed by atoms with Crippen molar-refractivity contribution in [3.05, 3.63) is 34.7 Å². The van der Waals surface area contributed by atoms with Gasteiger partial charge in [0.2, 0.25) is 0 Å². The number of hydrogen-bond donors (Lipinski definition) is 0.